The van der Waals surface area contributed by atoms with Gasteiger partial charge in [-0.3, -0.25) is 0 Å². The van der Waals surface area contributed by atoms with Gasteiger partial charge in [0.25, 0.3) is 0 Å². The van der Waals surface area contributed by atoms with E-state index in [2.05, 4.69) is 9.97 Å². The van der Waals surface area contributed by atoms with Crippen LogP contribution < -0.4 is 10.6 Å². The lowest BCUT2D eigenvalue weighted by Gasteiger charge is -2.35. The number of nitrogens with two attached hydrogens (primary N) is 1. The maximum Gasteiger partial charge on any atom is 0.186 e. The van der Waals surface area contributed by atoms with Gasteiger partial charge >= 0.3 is 0 Å². The zero-order valence-electron chi connectivity index (χ0n) is 10.9. The van der Waals surface area contributed by atoms with E-state index < -0.39 is 0 Å². The van der Waals surface area contributed by atoms with E-state index >= 15 is 0 Å². The van der Waals surface area contributed by atoms with Crippen LogP contribution >= 0.6 is 0 Å². The number of anilines is 1. The van der Waals surface area contributed by atoms with Gasteiger partial charge < -0.3 is 10.6 Å². The molecule has 1 fully saturated rings. The zero-order chi connectivity index (χ0) is 13.0. The molecular formula is C13H21FN4. The number of hydrogen-bond donors (Lipinski definition) is 1. The third kappa shape index (κ3) is 2.77. The number of nitrogens with zero attached hydrogens (tertiary/aromatic N) is 3. The van der Waals surface area contributed by atoms with Gasteiger partial charge in [-0.25, -0.2) is 14.4 Å². The van der Waals surface area contributed by atoms with E-state index in [0.717, 1.165) is 12.8 Å². The number of halogens is 1. The van der Waals surface area contributed by atoms with Gasteiger partial charge in [0.05, 0.1) is 5.69 Å². The highest BCUT2D eigenvalue weighted by Crippen LogP contribution is 2.27. The molecule has 5 heteroatoms. The Morgan fingerprint density at radius 2 is 2.06 bits per heavy atom. The van der Waals surface area contributed by atoms with Crippen LogP contribution in [0.25, 0.3) is 0 Å². The molecule has 2 rings (SSSR count). The Labute approximate surface area is 107 Å². The van der Waals surface area contributed by atoms with E-state index in [1.165, 1.54) is 25.6 Å². The van der Waals surface area contributed by atoms with E-state index in [-0.39, 0.29) is 5.82 Å². The number of rotatable bonds is 4. The van der Waals surface area contributed by atoms with Crippen LogP contribution in [-0.2, 0) is 0 Å². The van der Waals surface area contributed by atoms with Crippen molar-refractivity contribution >= 4 is 5.82 Å². The van der Waals surface area contributed by atoms with Crippen molar-refractivity contribution in [2.45, 2.75) is 45.1 Å². The molecule has 4 nitrogen and oxygen atoms in total. The topological polar surface area (TPSA) is 55.0 Å². The molecule has 0 bridgehead atoms. The summed E-state index contributed by atoms with van der Waals surface area (Å²) in [5, 5.41) is 0. The first-order valence-electron chi connectivity index (χ1n) is 6.68. The smallest absolute Gasteiger partial charge is 0.186 e. The number of hydrogen-bond acceptors (Lipinski definition) is 4. The van der Waals surface area contributed by atoms with Crippen molar-refractivity contribution in [1.29, 1.82) is 0 Å². The average molecular weight is 252 g/mol. The highest BCUT2D eigenvalue weighted by atomic mass is 19.1. The van der Waals surface area contributed by atoms with Crippen LogP contribution in [0.3, 0.4) is 0 Å². The summed E-state index contributed by atoms with van der Waals surface area (Å²) >= 11 is 0. The molecule has 1 saturated carbocycles. The number of aromatic nitrogens is 2. The molecule has 1 aromatic heterocycles. The van der Waals surface area contributed by atoms with Crippen LogP contribution in [0.1, 0.15) is 37.8 Å². The van der Waals surface area contributed by atoms with Crippen LogP contribution in [-0.4, -0.2) is 29.1 Å². The van der Waals surface area contributed by atoms with Gasteiger partial charge in [0.2, 0.25) is 0 Å². The van der Waals surface area contributed by atoms with Gasteiger partial charge in [-0.05, 0) is 19.8 Å². The van der Waals surface area contributed by atoms with Crippen LogP contribution in [0.2, 0.25) is 0 Å². The minimum absolute atomic E-state index is 0.309. The fourth-order valence-electron chi connectivity index (χ4n) is 2.64. The summed E-state index contributed by atoms with van der Waals surface area (Å²) in [7, 11) is 0. The summed E-state index contributed by atoms with van der Waals surface area (Å²) < 4.78 is 14.1. The van der Waals surface area contributed by atoms with Gasteiger partial charge in [-0.1, -0.05) is 19.3 Å². The van der Waals surface area contributed by atoms with Crippen LogP contribution in [0.4, 0.5) is 10.2 Å². The van der Waals surface area contributed by atoms with E-state index in [1.807, 2.05) is 4.90 Å². The molecule has 0 unspecified atom stereocenters. The Hall–Kier alpha value is -1.23. The van der Waals surface area contributed by atoms with Crippen LogP contribution in [0.15, 0.2) is 6.33 Å². The van der Waals surface area contributed by atoms with Crippen molar-refractivity contribution < 1.29 is 4.39 Å². The van der Waals surface area contributed by atoms with Gasteiger partial charge in [-0.15, -0.1) is 0 Å². The van der Waals surface area contributed by atoms with Gasteiger partial charge in [0, 0.05) is 19.1 Å². The second kappa shape index (κ2) is 6.09. The molecule has 0 saturated heterocycles. The second-order valence-corrected chi connectivity index (χ2v) is 4.87. The zero-order valence-corrected chi connectivity index (χ0v) is 10.9. The summed E-state index contributed by atoms with van der Waals surface area (Å²) in [5.74, 6) is 0.108. The van der Waals surface area contributed by atoms with E-state index in [4.69, 9.17) is 5.73 Å². The molecule has 0 aromatic carbocycles. The van der Waals surface area contributed by atoms with E-state index in [9.17, 15) is 4.39 Å². The molecule has 0 atom stereocenters. The predicted octanol–water partition coefficient (Wildman–Crippen LogP) is 2.02. The lowest BCUT2D eigenvalue weighted by molar-refractivity contribution is 0.409. The van der Waals surface area contributed by atoms with Gasteiger partial charge in [0.15, 0.2) is 11.6 Å². The number of aryl methyl sites for hydroxylation is 1. The first-order valence-corrected chi connectivity index (χ1v) is 6.68. The van der Waals surface area contributed by atoms with E-state index in [1.54, 1.807) is 6.92 Å². The van der Waals surface area contributed by atoms with Crippen molar-refractivity contribution in [3.63, 3.8) is 0 Å². The molecule has 1 aliphatic rings. The summed E-state index contributed by atoms with van der Waals surface area (Å²) in [6, 6.07) is 0.367. The summed E-state index contributed by atoms with van der Waals surface area (Å²) in [6.45, 7) is 2.83. The lowest BCUT2D eigenvalue weighted by atomic mass is 9.94. The molecule has 0 amide bonds. The van der Waals surface area contributed by atoms with Crippen molar-refractivity contribution in [3.8, 4) is 0 Å². The molecule has 1 aliphatic carbocycles. The molecule has 1 aromatic rings. The Bertz CT molecular complexity index is 391. The fraction of sp³-hybridized carbons (Fsp3) is 0.692. The Balaban J connectivity index is 2.25. The van der Waals surface area contributed by atoms with Gasteiger partial charge in [-0.2, -0.15) is 0 Å². The molecular weight excluding hydrogens is 231 g/mol. The minimum atomic E-state index is -0.309. The van der Waals surface area contributed by atoms with Crippen molar-refractivity contribution in [1.82, 2.24) is 9.97 Å². The Morgan fingerprint density at radius 1 is 1.33 bits per heavy atom. The highest BCUT2D eigenvalue weighted by Gasteiger charge is 2.24. The molecule has 2 N–H and O–H groups in total. The monoisotopic (exact) mass is 252 g/mol. The first-order chi connectivity index (χ1) is 8.74. The lowest BCUT2D eigenvalue weighted by Crippen LogP contribution is -2.41. The summed E-state index contributed by atoms with van der Waals surface area (Å²) in [6.07, 6.45) is 7.32. The third-order valence-electron chi connectivity index (χ3n) is 3.60. The standard InChI is InChI=1S/C13H21FN4/c1-10-12(14)13(17-9-16-10)18(8-7-15)11-5-3-2-4-6-11/h9,11H,2-8,15H2,1H3. The summed E-state index contributed by atoms with van der Waals surface area (Å²) in [5.41, 5.74) is 6.05. The Morgan fingerprint density at radius 3 is 2.72 bits per heavy atom. The quantitative estimate of drug-likeness (QED) is 0.890. The fourth-order valence-corrected chi connectivity index (χ4v) is 2.64. The van der Waals surface area contributed by atoms with Crippen molar-refractivity contribution in [3.05, 3.63) is 17.8 Å². The highest BCUT2D eigenvalue weighted by molar-refractivity contribution is 5.42. The van der Waals surface area contributed by atoms with Crippen LogP contribution in [0, 0.1) is 12.7 Å². The van der Waals surface area contributed by atoms with E-state index in [0.29, 0.717) is 30.6 Å². The molecule has 0 spiro atoms. The molecule has 18 heavy (non-hydrogen) atoms. The molecule has 1 heterocycles. The van der Waals surface area contributed by atoms with Crippen molar-refractivity contribution in [2.24, 2.45) is 5.73 Å². The Kier molecular flexibility index (Phi) is 4.47. The largest absolute Gasteiger partial charge is 0.350 e. The van der Waals surface area contributed by atoms with Gasteiger partial charge in [0.1, 0.15) is 6.33 Å². The average Bonchev–Trinajstić information content (AvgIpc) is 2.41. The predicted molar refractivity (Wildman–Crippen MR) is 70.0 cm³/mol. The maximum atomic E-state index is 14.1. The second-order valence-electron chi connectivity index (χ2n) is 4.87. The van der Waals surface area contributed by atoms with Crippen LogP contribution in [0.5, 0.6) is 0 Å². The third-order valence-corrected chi connectivity index (χ3v) is 3.60. The van der Waals surface area contributed by atoms with Crippen molar-refractivity contribution in [2.75, 3.05) is 18.0 Å². The normalized spacial score (nSPS) is 16.8. The molecule has 0 aliphatic heterocycles. The molecule has 0 radical (unpaired) electrons. The SMILES string of the molecule is Cc1ncnc(N(CCN)C2CCCCC2)c1F. The summed E-state index contributed by atoms with van der Waals surface area (Å²) in [4.78, 5) is 10.0. The first kappa shape index (κ1) is 13.2. The maximum absolute atomic E-state index is 14.1. The minimum Gasteiger partial charge on any atom is -0.350 e. The molecule has 100 valence electrons.